The van der Waals surface area contributed by atoms with E-state index in [0.717, 1.165) is 43.3 Å². The maximum Gasteiger partial charge on any atom is 0.203 e. The molecule has 0 radical (unpaired) electrons. The Morgan fingerprint density at radius 3 is 2.39 bits per heavy atom. The number of hydrogen-bond donors (Lipinski definition) is 0. The highest BCUT2D eigenvalue weighted by Gasteiger charge is 2.18. The van der Waals surface area contributed by atoms with Crippen molar-refractivity contribution < 1.29 is 0 Å². The number of hydrogen-bond acceptors (Lipinski definition) is 4. The fraction of sp³-hybridized carbons (Fsp3) is 0.294. The van der Waals surface area contributed by atoms with Crippen molar-refractivity contribution in [1.82, 2.24) is 19.1 Å². The number of para-hydroxylation sites is 1. The van der Waals surface area contributed by atoms with E-state index in [1.54, 1.807) is 0 Å². The molecule has 0 unspecified atom stereocenters. The first-order chi connectivity index (χ1) is 11.3. The molecule has 1 saturated heterocycles. The minimum atomic E-state index is 0.753. The Morgan fingerprint density at radius 2 is 1.65 bits per heavy atom. The van der Waals surface area contributed by atoms with Gasteiger partial charge in [0.1, 0.15) is 0 Å². The van der Waals surface area contributed by atoms with Gasteiger partial charge in [-0.05, 0) is 36.5 Å². The lowest BCUT2D eigenvalue weighted by molar-refractivity contribution is 0.195. The zero-order valence-corrected chi connectivity index (χ0v) is 13.7. The topological polar surface area (TPSA) is 28.7 Å². The second-order valence-electron chi connectivity index (χ2n) is 5.79. The molecule has 0 amide bonds. The van der Waals surface area contributed by atoms with Gasteiger partial charge in [0.2, 0.25) is 4.77 Å². The summed E-state index contributed by atoms with van der Waals surface area (Å²) in [6.45, 7) is 4.85. The molecule has 0 saturated carbocycles. The Kier molecular flexibility index (Phi) is 3.85. The van der Waals surface area contributed by atoms with Gasteiger partial charge in [0.25, 0.3) is 0 Å². The van der Waals surface area contributed by atoms with Crippen molar-refractivity contribution in [3.05, 3.63) is 59.5 Å². The smallest absolute Gasteiger partial charge is 0.203 e. The van der Waals surface area contributed by atoms with Crippen LogP contribution in [0.4, 0.5) is 5.69 Å². The van der Waals surface area contributed by atoms with Crippen LogP contribution in [0, 0.1) is 4.77 Å². The van der Waals surface area contributed by atoms with E-state index in [1.807, 2.05) is 33.5 Å². The van der Waals surface area contributed by atoms with E-state index in [9.17, 15) is 0 Å². The summed E-state index contributed by atoms with van der Waals surface area (Å²) < 4.78 is 4.63. The largest absolute Gasteiger partial charge is 0.369 e. The van der Waals surface area contributed by atoms with Gasteiger partial charge in [-0.1, -0.05) is 24.3 Å². The van der Waals surface area contributed by atoms with E-state index in [0.29, 0.717) is 0 Å². The third-order valence-electron chi connectivity index (χ3n) is 4.32. The van der Waals surface area contributed by atoms with Gasteiger partial charge in [0.15, 0.2) is 5.65 Å². The van der Waals surface area contributed by atoms with Crippen LogP contribution in [0.1, 0.15) is 0 Å². The van der Waals surface area contributed by atoms with Crippen LogP contribution < -0.4 is 4.90 Å². The second-order valence-corrected chi connectivity index (χ2v) is 6.16. The number of benzene rings is 1. The standard InChI is InChI=1S/C17H19N5S/c23-17-21-9-5-4-8-16(21)18-22(17)14-19-10-12-20(13-11-19)15-6-2-1-3-7-15/h1-9H,10-14H2. The van der Waals surface area contributed by atoms with Crippen LogP contribution in [0.5, 0.6) is 0 Å². The summed E-state index contributed by atoms with van der Waals surface area (Å²) in [5.41, 5.74) is 2.21. The van der Waals surface area contributed by atoms with Crippen molar-refractivity contribution in [2.45, 2.75) is 6.67 Å². The first-order valence-corrected chi connectivity index (χ1v) is 8.29. The molecule has 0 bridgehead atoms. The minimum Gasteiger partial charge on any atom is -0.369 e. The fourth-order valence-corrected chi connectivity index (χ4v) is 3.29. The van der Waals surface area contributed by atoms with Crippen molar-refractivity contribution in [2.24, 2.45) is 0 Å². The van der Waals surface area contributed by atoms with Gasteiger partial charge in [-0.3, -0.25) is 9.30 Å². The van der Waals surface area contributed by atoms with Crippen LogP contribution in [0.3, 0.4) is 0 Å². The summed E-state index contributed by atoms with van der Waals surface area (Å²) >= 11 is 5.52. The molecule has 118 valence electrons. The third-order valence-corrected chi connectivity index (χ3v) is 4.72. The Balaban J connectivity index is 1.45. The predicted molar refractivity (Wildman–Crippen MR) is 94.2 cm³/mol. The summed E-state index contributed by atoms with van der Waals surface area (Å²) in [5, 5.41) is 4.60. The first-order valence-electron chi connectivity index (χ1n) is 7.88. The van der Waals surface area contributed by atoms with Gasteiger partial charge >= 0.3 is 0 Å². The van der Waals surface area contributed by atoms with Gasteiger partial charge < -0.3 is 4.90 Å². The SMILES string of the molecule is S=c1n(CN2CCN(c3ccccc3)CC2)nc2ccccn12. The van der Waals surface area contributed by atoms with Crippen LogP contribution in [0.15, 0.2) is 54.7 Å². The van der Waals surface area contributed by atoms with Crippen molar-refractivity contribution in [3.8, 4) is 0 Å². The van der Waals surface area contributed by atoms with Gasteiger partial charge in [-0.15, -0.1) is 0 Å². The predicted octanol–water partition coefficient (Wildman–Crippen LogP) is 2.64. The second kappa shape index (κ2) is 6.14. The number of aromatic nitrogens is 3. The van der Waals surface area contributed by atoms with Crippen LogP contribution >= 0.6 is 12.2 Å². The molecule has 6 heteroatoms. The molecule has 1 aromatic carbocycles. The van der Waals surface area contributed by atoms with Crippen molar-refractivity contribution in [1.29, 1.82) is 0 Å². The molecule has 3 aromatic rings. The number of pyridine rings is 1. The monoisotopic (exact) mass is 325 g/mol. The van der Waals surface area contributed by atoms with E-state index in [2.05, 4.69) is 45.2 Å². The molecule has 3 heterocycles. The number of fused-ring (bicyclic) bond motifs is 1. The van der Waals surface area contributed by atoms with E-state index < -0.39 is 0 Å². The molecule has 4 rings (SSSR count). The molecule has 1 aliphatic rings. The summed E-state index contributed by atoms with van der Waals surface area (Å²) in [7, 11) is 0. The number of rotatable bonds is 3. The zero-order valence-electron chi connectivity index (χ0n) is 12.9. The highest BCUT2D eigenvalue weighted by Crippen LogP contribution is 2.16. The fourth-order valence-electron chi connectivity index (χ4n) is 3.04. The third kappa shape index (κ3) is 2.87. The van der Waals surface area contributed by atoms with E-state index in [4.69, 9.17) is 12.2 Å². The normalized spacial score (nSPS) is 16.1. The van der Waals surface area contributed by atoms with Crippen molar-refractivity contribution >= 4 is 23.6 Å². The molecule has 0 atom stereocenters. The maximum absolute atomic E-state index is 5.52. The average Bonchev–Trinajstić information content (AvgIpc) is 2.93. The van der Waals surface area contributed by atoms with Gasteiger partial charge in [-0.25, -0.2) is 4.68 Å². The van der Waals surface area contributed by atoms with Gasteiger partial charge in [0, 0.05) is 38.1 Å². The lowest BCUT2D eigenvalue weighted by Gasteiger charge is -2.35. The molecule has 0 N–H and O–H groups in total. The summed E-state index contributed by atoms with van der Waals surface area (Å²) in [5.74, 6) is 0. The molecule has 0 aliphatic carbocycles. The summed E-state index contributed by atoms with van der Waals surface area (Å²) in [6, 6.07) is 16.6. The van der Waals surface area contributed by atoms with E-state index in [1.165, 1.54) is 5.69 Å². The number of nitrogens with zero attached hydrogens (tertiary/aromatic N) is 5. The number of anilines is 1. The van der Waals surface area contributed by atoms with E-state index in [-0.39, 0.29) is 0 Å². The van der Waals surface area contributed by atoms with Crippen LogP contribution in [0.2, 0.25) is 0 Å². The maximum atomic E-state index is 5.52. The highest BCUT2D eigenvalue weighted by atomic mass is 32.1. The van der Waals surface area contributed by atoms with Crippen LogP contribution in [0.25, 0.3) is 5.65 Å². The van der Waals surface area contributed by atoms with Gasteiger partial charge in [-0.2, -0.15) is 5.10 Å². The molecule has 1 fully saturated rings. The number of piperazine rings is 1. The molecule has 2 aromatic heterocycles. The Bertz CT molecular complexity index is 846. The van der Waals surface area contributed by atoms with Gasteiger partial charge in [0.05, 0.1) is 6.67 Å². The molecular weight excluding hydrogens is 306 g/mol. The van der Waals surface area contributed by atoms with Crippen LogP contribution in [-0.4, -0.2) is 45.3 Å². The van der Waals surface area contributed by atoms with Crippen molar-refractivity contribution in [3.63, 3.8) is 0 Å². The quantitative estimate of drug-likeness (QED) is 0.692. The summed E-state index contributed by atoms with van der Waals surface area (Å²) in [6.07, 6.45) is 1.97. The lowest BCUT2D eigenvalue weighted by Crippen LogP contribution is -2.46. The highest BCUT2D eigenvalue weighted by molar-refractivity contribution is 7.71. The summed E-state index contributed by atoms with van der Waals surface area (Å²) in [4.78, 5) is 4.83. The molecule has 0 spiro atoms. The van der Waals surface area contributed by atoms with E-state index >= 15 is 0 Å². The minimum absolute atomic E-state index is 0.753. The zero-order chi connectivity index (χ0) is 15.6. The van der Waals surface area contributed by atoms with Crippen molar-refractivity contribution in [2.75, 3.05) is 31.1 Å². The van der Waals surface area contributed by atoms with Crippen LogP contribution in [-0.2, 0) is 6.67 Å². The molecular formula is C17H19N5S. The lowest BCUT2D eigenvalue weighted by atomic mass is 10.2. The first kappa shape index (κ1) is 14.4. The average molecular weight is 325 g/mol. The molecule has 1 aliphatic heterocycles. The Labute approximate surface area is 140 Å². The Morgan fingerprint density at radius 1 is 0.913 bits per heavy atom. The molecule has 23 heavy (non-hydrogen) atoms. The molecule has 5 nitrogen and oxygen atoms in total. The Hall–Kier alpha value is -2.18.